The summed E-state index contributed by atoms with van der Waals surface area (Å²) >= 11 is 0. The van der Waals surface area contributed by atoms with Crippen LogP contribution >= 0.6 is 0 Å². The molecule has 0 aliphatic heterocycles. The largest absolute Gasteiger partial charge is 0.267 e. The smallest absolute Gasteiger partial charge is 0.267 e. The predicted octanol–water partition coefficient (Wildman–Crippen LogP) is 2.08. The van der Waals surface area contributed by atoms with Gasteiger partial charge < -0.3 is 0 Å². The summed E-state index contributed by atoms with van der Waals surface area (Å²) in [5, 5.41) is 0. The van der Waals surface area contributed by atoms with Gasteiger partial charge in [0.05, 0.1) is 11.9 Å². The van der Waals surface area contributed by atoms with Crippen LogP contribution in [0.5, 0.6) is 0 Å². The lowest BCUT2D eigenvalue weighted by atomic mass is 9.98. The molecule has 0 amide bonds. The van der Waals surface area contributed by atoms with Crippen molar-refractivity contribution in [2.75, 3.05) is 5.75 Å². The van der Waals surface area contributed by atoms with Gasteiger partial charge in [-0.2, -0.15) is 8.42 Å². The lowest BCUT2D eigenvalue weighted by Crippen LogP contribution is -2.22. The number of hydrogen-bond acceptors (Lipinski definition) is 3. The molecular weight excluding hydrogens is 188 g/mol. The van der Waals surface area contributed by atoms with Gasteiger partial charge in [0.2, 0.25) is 0 Å². The summed E-state index contributed by atoms with van der Waals surface area (Å²) in [6.45, 7) is 1.85. The molecule has 0 N–H and O–H groups in total. The van der Waals surface area contributed by atoms with E-state index in [1.165, 1.54) is 6.42 Å². The zero-order valence-electron chi connectivity index (χ0n) is 8.16. The van der Waals surface area contributed by atoms with Gasteiger partial charge in [-0.1, -0.05) is 26.2 Å². The summed E-state index contributed by atoms with van der Waals surface area (Å²) in [5.41, 5.74) is 0. The van der Waals surface area contributed by atoms with Crippen molar-refractivity contribution in [2.24, 2.45) is 0 Å². The van der Waals surface area contributed by atoms with Crippen LogP contribution in [0.25, 0.3) is 0 Å². The Morgan fingerprint density at radius 3 is 2.38 bits per heavy atom. The molecule has 0 unspecified atom stereocenters. The molecule has 0 atom stereocenters. The van der Waals surface area contributed by atoms with Crippen molar-refractivity contribution in [3.63, 3.8) is 0 Å². The van der Waals surface area contributed by atoms with Gasteiger partial charge >= 0.3 is 0 Å². The van der Waals surface area contributed by atoms with Crippen molar-refractivity contribution in [1.29, 1.82) is 0 Å². The van der Waals surface area contributed by atoms with Crippen molar-refractivity contribution in [3.8, 4) is 0 Å². The topological polar surface area (TPSA) is 43.4 Å². The van der Waals surface area contributed by atoms with Crippen LogP contribution < -0.4 is 0 Å². The molecule has 1 fully saturated rings. The average Bonchev–Trinajstić information content (AvgIpc) is 2.04. The Bertz CT molecular complexity index is 227. The molecule has 13 heavy (non-hydrogen) atoms. The molecule has 0 aromatic rings. The maximum atomic E-state index is 11.3. The zero-order valence-corrected chi connectivity index (χ0v) is 8.98. The highest BCUT2D eigenvalue weighted by molar-refractivity contribution is 7.86. The molecule has 0 radical (unpaired) electrons. The second kappa shape index (κ2) is 4.96. The molecule has 1 rings (SSSR count). The monoisotopic (exact) mass is 206 g/mol. The molecule has 1 aliphatic rings. The van der Waals surface area contributed by atoms with Crippen LogP contribution in [0.3, 0.4) is 0 Å². The van der Waals surface area contributed by atoms with Crippen LogP contribution in [0.15, 0.2) is 0 Å². The normalized spacial score (nSPS) is 20.4. The first-order valence-electron chi connectivity index (χ1n) is 5.05. The fourth-order valence-corrected chi connectivity index (χ4v) is 2.87. The van der Waals surface area contributed by atoms with Gasteiger partial charge in [0, 0.05) is 0 Å². The van der Waals surface area contributed by atoms with E-state index in [1.54, 1.807) is 0 Å². The second-order valence-electron chi connectivity index (χ2n) is 3.62. The molecule has 0 saturated heterocycles. The van der Waals surface area contributed by atoms with Gasteiger partial charge in [-0.25, -0.2) is 0 Å². The third kappa shape index (κ3) is 4.09. The van der Waals surface area contributed by atoms with E-state index >= 15 is 0 Å². The lowest BCUT2D eigenvalue weighted by Gasteiger charge is -2.21. The summed E-state index contributed by atoms with van der Waals surface area (Å²) in [7, 11) is -3.23. The van der Waals surface area contributed by atoms with Gasteiger partial charge in [-0.3, -0.25) is 4.18 Å². The zero-order chi connectivity index (χ0) is 9.73. The maximum Gasteiger partial charge on any atom is 0.267 e. The first kappa shape index (κ1) is 11.0. The summed E-state index contributed by atoms with van der Waals surface area (Å²) < 4.78 is 27.6. The Morgan fingerprint density at radius 1 is 1.23 bits per heavy atom. The van der Waals surface area contributed by atoms with Crippen LogP contribution in [0.1, 0.15) is 45.4 Å². The molecule has 3 nitrogen and oxygen atoms in total. The van der Waals surface area contributed by atoms with Crippen LogP contribution in [-0.4, -0.2) is 20.3 Å². The van der Waals surface area contributed by atoms with E-state index < -0.39 is 10.1 Å². The van der Waals surface area contributed by atoms with Gasteiger partial charge in [0.1, 0.15) is 0 Å². The summed E-state index contributed by atoms with van der Waals surface area (Å²) in [5.74, 6) is 0.156. The Kier molecular flexibility index (Phi) is 4.19. The van der Waals surface area contributed by atoms with Crippen molar-refractivity contribution < 1.29 is 12.6 Å². The lowest BCUT2D eigenvalue weighted by molar-refractivity contribution is 0.162. The molecule has 0 aromatic heterocycles. The molecule has 0 aromatic carbocycles. The highest BCUT2D eigenvalue weighted by Gasteiger charge is 2.20. The Hall–Kier alpha value is -0.0900. The van der Waals surface area contributed by atoms with Crippen LogP contribution in [0, 0.1) is 0 Å². The molecule has 0 heterocycles. The first-order chi connectivity index (χ1) is 6.14. The Balaban J connectivity index is 2.37. The van der Waals surface area contributed by atoms with Crippen molar-refractivity contribution in [3.05, 3.63) is 0 Å². The van der Waals surface area contributed by atoms with Crippen molar-refractivity contribution in [2.45, 2.75) is 51.6 Å². The van der Waals surface area contributed by atoms with Crippen LogP contribution in [0.2, 0.25) is 0 Å². The van der Waals surface area contributed by atoms with E-state index in [2.05, 4.69) is 0 Å². The third-order valence-corrected chi connectivity index (χ3v) is 3.76. The predicted molar refractivity (Wildman–Crippen MR) is 52.0 cm³/mol. The van der Waals surface area contributed by atoms with E-state index in [0.29, 0.717) is 6.42 Å². The minimum absolute atomic E-state index is 0.0368. The third-order valence-electron chi connectivity index (χ3n) is 2.29. The van der Waals surface area contributed by atoms with Crippen molar-refractivity contribution >= 4 is 10.1 Å². The standard InChI is InChI=1S/C9H18O3S/c1-2-8-13(10,11)12-9-6-4-3-5-7-9/h9H,2-8H2,1H3. The minimum Gasteiger partial charge on any atom is -0.267 e. The Morgan fingerprint density at radius 2 is 1.85 bits per heavy atom. The molecule has 1 aliphatic carbocycles. The molecule has 1 saturated carbocycles. The van der Waals surface area contributed by atoms with Gasteiger partial charge in [0.15, 0.2) is 0 Å². The molecular formula is C9H18O3S. The van der Waals surface area contributed by atoms with Crippen LogP contribution in [-0.2, 0) is 14.3 Å². The van der Waals surface area contributed by atoms with E-state index in [0.717, 1.165) is 25.7 Å². The van der Waals surface area contributed by atoms with E-state index in [4.69, 9.17) is 4.18 Å². The van der Waals surface area contributed by atoms with Crippen molar-refractivity contribution in [1.82, 2.24) is 0 Å². The second-order valence-corrected chi connectivity index (χ2v) is 5.33. The van der Waals surface area contributed by atoms with E-state index in [1.807, 2.05) is 6.92 Å². The number of rotatable bonds is 4. The molecule has 78 valence electrons. The van der Waals surface area contributed by atoms with Gasteiger partial charge in [-0.15, -0.1) is 0 Å². The SMILES string of the molecule is CCCS(=O)(=O)OC1CCCCC1. The highest BCUT2D eigenvalue weighted by atomic mass is 32.2. The summed E-state index contributed by atoms with van der Waals surface area (Å²) in [4.78, 5) is 0. The van der Waals surface area contributed by atoms with Gasteiger partial charge in [0.25, 0.3) is 10.1 Å². The molecule has 0 bridgehead atoms. The minimum atomic E-state index is -3.23. The average molecular weight is 206 g/mol. The maximum absolute atomic E-state index is 11.3. The quantitative estimate of drug-likeness (QED) is 0.661. The highest BCUT2D eigenvalue weighted by Crippen LogP contribution is 2.21. The molecule has 4 heteroatoms. The van der Waals surface area contributed by atoms with E-state index in [-0.39, 0.29) is 11.9 Å². The first-order valence-corrected chi connectivity index (χ1v) is 6.63. The van der Waals surface area contributed by atoms with E-state index in [9.17, 15) is 8.42 Å². The fourth-order valence-electron chi connectivity index (χ4n) is 1.67. The fraction of sp³-hybridized carbons (Fsp3) is 1.00. The van der Waals surface area contributed by atoms with Gasteiger partial charge in [-0.05, 0) is 19.3 Å². The Labute approximate surface area is 80.6 Å². The molecule has 0 spiro atoms. The number of hydrogen-bond donors (Lipinski definition) is 0. The summed E-state index contributed by atoms with van der Waals surface area (Å²) in [6, 6.07) is 0. The summed E-state index contributed by atoms with van der Waals surface area (Å²) in [6.07, 6.45) is 5.83. The van der Waals surface area contributed by atoms with Crippen LogP contribution in [0.4, 0.5) is 0 Å².